The molecule has 26 heavy (non-hydrogen) atoms. The summed E-state index contributed by atoms with van der Waals surface area (Å²) in [6, 6.07) is 16.0. The van der Waals surface area contributed by atoms with Crippen molar-refractivity contribution in [2.45, 2.75) is 0 Å². The molecule has 6 nitrogen and oxygen atoms in total. The maximum Gasteiger partial charge on any atom is 0.321 e. The first kappa shape index (κ1) is 18.1. The van der Waals surface area contributed by atoms with Crippen molar-refractivity contribution >= 4 is 29.2 Å². The minimum absolute atomic E-state index is 0.0299. The summed E-state index contributed by atoms with van der Waals surface area (Å²) in [4.78, 5) is 27.9. The van der Waals surface area contributed by atoms with E-state index in [1.165, 1.54) is 0 Å². The topological polar surface area (TPSA) is 61.9 Å². The molecule has 1 fully saturated rings. The molecule has 0 aliphatic carbocycles. The van der Waals surface area contributed by atoms with Crippen molar-refractivity contribution < 1.29 is 14.3 Å². The molecule has 0 spiro atoms. The van der Waals surface area contributed by atoms with Crippen LogP contribution in [-0.4, -0.2) is 54.5 Å². The molecular formula is C19H20ClN3O3. The van der Waals surface area contributed by atoms with Crippen LogP contribution in [0.3, 0.4) is 0 Å². The standard InChI is InChI=1S/C19H20ClN3O3/c20-15-6-8-17(9-7-15)26-14-18(24)22-10-12-23(13-11-22)19(25)21-16-4-2-1-3-5-16/h1-9H,10-14H2,(H,21,25). The lowest BCUT2D eigenvalue weighted by Gasteiger charge is -2.34. The number of hydrogen-bond donors (Lipinski definition) is 1. The van der Waals surface area contributed by atoms with Crippen molar-refractivity contribution in [2.75, 3.05) is 38.1 Å². The zero-order chi connectivity index (χ0) is 18.4. The first-order valence-corrected chi connectivity index (χ1v) is 8.77. The van der Waals surface area contributed by atoms with Gasteiger partial charge in [0.1, 0.15) is 5.75 Å². The van der Waals surface area contributed by atoms with Gasteiger partial charge in [0.2, 0.25) is 0 Å². The van der Waals surface area contributed by atoms with E-state index in [2.05, 4.69) is 5.32 Å². The molecule has 0 saturated carbocycles. The summed E-state index contributed by atoms with van der Waals surface area (Å²) in [5.41, 5.74) is 0.757. The Morgan fingerprint density at radius 3 is 2.19 bits per heavy atom. The number of para-hydroxylation sites is 1. The number of benzene rings is 2. The van der Waals surface area contributed by atoms with Gasteiger partial charge < -0.3 is 19.9 Å². The highest BCUT2D eigenvalue weighted by Crippen LogP contribution is 2.16. The molecule has 0 aromatic heterocycles. The van der Waals surface area contributed by atoms with E-state index in [0.717, 1.165) is 5.69 Å². The van der Waals surface area contributed by atoms with Crippen molar-refractivity contribution in [3.8, 4) is 5.75 Å². The SMILES string of the molecule is O=C(COc1ccc(Cl)cc1)N1CCN(C(=O)Nc2ccccc2)CC1. The van der Waals surface area contributed by atoms with Crippen LogP contribution in [0, 0.1) is 0 Å². The van der Waals surface area contributed by atoms with Crippen LogP contribution in [0.2, 0.25) is 5.02 Å². The lowest BCUT2D eigenvalue weighted by atomic mass is 10.3. The van der Waals surface area contributed by atoms with Gasteiger partial charge in [-0.3, -0.25) is 4.79 Å². The van der Waals surface area contributed by atoms with Crippen LogP contribution in [0.15, 0.2) is 54.6 Å². The number of piperazine rings is 1. The van der Waals surface area contributed by atoms with E-state index in [-0.39, 0.29) is 18.5 Å². The second-order valence-electron chi connectivity index (χ2n) is 5.91. The molecule has 7 heteroatoms. The first-order valence-electron chi connectivity index (χ1n) is 8.39. The Hall–Kier alpha value is -2.73. The van der Waals surface area contributed by atoms with Crippen LogP contribution < -0.4 is 10.1 Å². The molecular weight excluding hydrogens is 354 g/mol. The summed E-state index contributed by atoms with van der Waals surface area (Å²) in [6.07, 6.45) is 0. The number of ether oxygens (including phenoxy) is 1. The van der Waals surface area contributed by atoms with Gasteiger partial charge in [-0.25, -0.2) is 4.79 Å². The van der Waals surface area contributed by atoms with E-state index in [1.54, 1.807) is 34.1 Å². The minimum atomic E-state index is -0.152. The molecule has 0 bridgehead atoms. The van der Waals surface area contributed by atoms with Gasteiger partial charge in [0.05, 0.1) is 0 Å². The number of nitrogens with zero attached hydrogens (tertiary/aromatic N) is 2. The predicted octanol–water partition coefficient (Wildman–Crippen LogP) is 3.10. The highest BCUT2D eigenvalue weighted by atomic mass is 35.5. The molecule has 1 N–H and O–H groups in total. The number of amides is 3. The molecule has 1 heterocycles. The third-order valence-corrected chi connectivity index (χ3v) is 4.37. The molecule has 136 valence electrons. The van der Waals surface area contributed by atoms with Gasteiger partial charge in [-0.15, -0.1) is 0 Å². The summed E-state index contributed by atoms with van der Waals surface area (Å²) >= 11 is 5.82. The highest BCUT2D eigenvalue weighted by Gasteiger charge is 2.24. The van der Waals surface area contributed by atoms with Gasteiger partial charge in [-0.2, -0.15) is 0 Å². The second-order valence-corrected chi connectivity index (χ2v) is 6.34. The van der Waals surface area contributed by atoms with E-state index in [0.29, 0.717) is 37.0 Å². The predicted molar refractivity (Wildman–Crippen MR) is 101 cm³/mol. The molecule has 1 aliphatic rings. The molecule has 3 amide bonds. The average Bonchev–Trinajstić information content (AvgIpc) is 2.68. The molecule has 2 aromatic carbocycles. The summed E-state index contributed by atoms with van der Waals surface area (Å²) in [6.45, 7) is 1.94. The quantitative estimate of drug-likeness (QED) is 0.895. The molecule has 1 saturated heterocycles. The minimum Gasteiger partial charge on any atom is -0.484 e. The average molecular weight is 374 g/mol. The molecule has 0 atom stereocenters. The monoisotopic (exact) mass is 373 g/mol. The van der Waals surface area contributed by atoms with Crippen LogP contribution in [0.5, 0.6) is 5.75 Å². The van der Waals surface area contributed by atoms with E-state index in [1.807, 2.05) is 30.3 Å². The molecule has 0 radical (unpaired) electrons. The maximum absolute atomic E-state index is 12.3. The number of anilines is 1. The van der Waals surface area contributed by atoms with Crippen molar-refractivity contribution in [2.24, 2.45) is 0 Å². The number of halogens is 1. The highest BCUT2D eigenvalue weighted by molar-refractivity contribution is 6.30. The summed E-state index contributed by atoms with van der Waals surface area (Å²) < 4.78 is 5.49. The molecule has 0 unspecified atom stereocenters. The molecule has 2 aromatic rings. The third-order valence-electron chi connectivity index (χ3n) is 4.12. The van der Waals surface area contributed by atoms with Gasteiger partial charge in [-0.1, -0.05) is 29.8 Å². The van der Waals surface area contributed by atoms with Gasteiger partial charge >= 0.3 is 6.03 Å². The zero-order valence-corrected chi connectivity index (χ0v) is 15.0. The lowest BCUT2D eigenvalue weighted by molar-refractivity contribution is -0.134. The Balaban J connectivity index is 1.43. The normalized spacial score (nSPS) is 14.0. The largest absolute Gasteiger partial charge is 0.484 e. The second kappa shape index (κ2) is 8.58. The fourth-order valence-electron chi connectivity index (χ4n) is 2.65. The number of carbonyl (C=O) groups excluding carboxylic acids is 2. The fourth-order valence-corrected chi connectivity index (χ4v) is 2.78. The van der Waals surface area contributed by atoms with Crippen LogP contribution >= 0.6 is 11.6 Å². The molecule has 1 aliphatic heterocycles. The summed E-state index contributed by atoms with van der Waals surface area (Å²) in [7, 11) is 0. The van der Waals surface area contributed by atoms with Gasteiger partial charge in [0.25, 0.3) is 5.91 Å². The van der Waals surface area contributed by atoms with Crippen molar-refractivity contribution in [3.05, 3.63) is 59.6 Å². The Bertz CT molecular complexity index is 744. The van der Waals surface area contributed by atoms with Gasteiger partial charge in [0.15, 0.2) is 6.61 Å². The third kappa shape index (κ3) is 4.89. The summed E-state index contributed by atoms with van der Waals surface area (Å²) in [5, 5.41) is 3.47. The summed E-state index contributed by atoms with van der Waals surface area (Å²) in [5.74, 6) is 0.506. The maximum atomic E-state index is 12.3. The van der Waals surface area contributed by atoms with E-state index >= 15 is 0 Å². The van der Waals surface area contributed by atoms with Crippen LogP contribution in [0.25, 0.3) is 0 Å². The van der Waals surface area contributed by atoms with Crippen LogP contribution in [-0.2, 0) is 4.79 Å². The van der Waals surface area contributed by atoms with E-state index in [4.69, 9.17) is 16.3 Å². The Morgan fingerprint density at radius 2 is 1.54 bits per heavy atom. The van der Waals surface area contributed by atoms with E-state index in [9.17, 15) is 9.59 Å². The van der Waals surface area contributed by atoms with Crippen molar-refractivity contribution in [1.82, 2.24) is 9.80 Å². The zero-order valence-electron chi connectivity index (χ0n) is 14.2. The molecule has 3 rings (SSSR count). The van der Waals surface area contributed by atoms with Crippen LogP contribution in [0.1, 0.15) is 0 Å². The Labute approximate surface area is 157 Å². The fraction of sp³-hybridized carbons (Fsp3) is 0.263. The number of hydrogen-bond acceptors (Lipinski definition) is 3. The van der Waals surface area contributed by atoms with Crippen LogP contribution in [0.4, 0.5) is 10.5 Å². The number of nitrogens with one attached hydrogen (secondary N) is 1. The first-order chi connectivity index (χ1) is 12.6. The van der Waals surface area contributed by atoms with Crippen molar-refractivity contribution in [1.29, 1.82) is 0 Å². The number of urea groups is 1. The lowest BCUT2D eigenvalue weighted by Crippen LogP contribution is -2.52. The van der Waals surface area contributed by atoms with Gasteiger partial charge in [-0.05, 0) is 36.4 Å². The number of rotatable bonds is 4. The Morgan fingerprint density at radius 1 is 0.923 bits per heavy atom. The Kier molecular flexibility index (Phi) is 5.96. The van der Waals surface area contributed by atoms with E-state index < -0.39 is 0 Å². The number of carbonyl (C=O) groups is 2. The smallest absolute Gasteiger partial charge is 0.321 e. The van der Waals surface area contributed by atoms with Crippen molar-refractivity contribution in [3.63, 3.8) is 0 Å². The van der Waals surface area contributed by atoms with Gasteiger partial charge in [0, 0.05) is 36.9 Å².